The van der Waals surface area contributed by atoms with Gasteiger partial charge in [-0.2, -0.15) is 0 Å². The molecule has 2 aliphatic heterocycles. The molecule has 1 atom stereocenters. The lowest BCUT2D eigenvalue weighted by Gasteiger charge is -2.32. The van der Waals surface area contributed by atoms with Gasteiger partial charge in [0.05, 0.1) is 25.2 Å². The molecule has 9 nitrogen and oxygen atoms in total. The van der Waals surface area contributed by atoms with Gasteiger partial charge in [0, 0.05) is 25.7 Å². The van der Waals surface area contributed by atoms with Crippen molar-refractivity contribution in [3.63, 3.8) is 0 Å². The van der Waals surface area contributed by atoms with E-state index in [0.717, 1.165) is 5.56 Å². The maximum atomic E-state index is 12.7. The molecule has 2 aromatic rings. The average Bonchev–Trinajstić information content (AvgIpc) is 2.82. The summed E-state index contributed by atoms with van der Waals surface area (Å²) in [5.74, 6) is 1.17. The van der Waals surface area contributed by atoms with Crippen molar-refractivity contribution < 1.29 is 32.2 Å². The minimum absolute atomic E-state index is 0.0198. The third-order valence-electron chi connectivity index (χ3n) is 5.11. The lowest BCUT2D eigenvalue weighted by atomic mass is 10.2. The smallest absolute Gasteiger partial charge is 0.267 e. The number of nitrogens with one attached hydrogen (secondary N) is 1. The Labute approximate surface area is 180 Å². The van der Waals surface area contributed by atoms with Crippen LogP contribution >= 0.6 is 0 Å². The van der Waals surface area contributed by atoms with Gasteiger partial charge in [-0.3, -0.25) is 4.79 Å². The Morgan fingerprint density at radius 1 is 1.13 bits per heavy atom. The van der Waals surface area contributed by atoms with Crippen molar-refractivity contribution in [2.75, 3.05) is 40.0 Å². The quantitative estimate of drug-likeness (QED) is 0.708. The van der Waals surface area contributed by atoms with Crippen LogP contribution in [0.3, 0.4) is 0 Å². The Balaban J connectivity index is 1.41. The van der Waals surface area contributed by atoms with Gasteiger partial charge in [-0.25, -0.2) is 13.1 Å². The topological polar surface area (TPSA) is 103 Å². The maximum absolute atomic E-state index is 12.7. The Morgan fingerprint density at radius 2 is 1.87 bits per heavy atom. The number of carbonyl (C=O) groups is 1. The molecule has 2 aliphatic rings. The SMILES string of the molecule is COc1ccc(CNS(=O)(=O)c2ccc3c(c2)OC[C@@H](C(=O)N2CCOCC2)O3)cc1. The number of rotatable bonds is 6. The molecule has 2 aromatic carbocycles. The number of morpholine rings is 1. The molecule has 0 aliphatic carbocycles. The van der Waals surface area contributed by atoms with Crippen LogP contribution in [0.15, 0.2) is 47.4 Å². The average molecular weight is 448 g/mol. The van der Waals surface area contributed by atoms with E-state index in [1.165, 1.54) is 18.2 Å². The number of ether oxygens (including phenoxy) is 4. The molecule has 1 saturated heterocycles. The van der Waals surface area contributed by atoms with Gasteiger partial charge in [0.1, 0.15) is 12.4 Å². The summed E-state index contributed by atoms with van der Waals surface area (Å²) < 4.78 is 49.8. The fourth-order valence-corrected chi connectivity index (χ4v) is 4.37. The van der Waals surface area contributed by atoms with Crippen molar-refractivity contribution >= 4 is 15.9 Å². The molecule has 2 heterocycles. The molecule has 0 unspecified atom stereocenters. The number of nitrogens with zero attached hydrogens (tertiary/aromatic N) is 1. The number of sulfonamides is 1. The van der Waals surface area contributed by atoms with Crippen LogP contribution in [0, 0.1) is 0 Å². The van der Waals surface area contributed by atoms with Gasteiger partial charge < -0.3 is 23.8 Å². The van der Waals surface area contributed by atoms with E-state index in [1.54, 1.807) is 36.3 Å². The maximum Gasteiger partial charge on any atom is 0.267 e. The summed E-state index contributed by atoms with van der Waals surface area (Å²) in [6.45, 7) is 2.19. The predicted octanol–water partition coefficient (Wildman–Crippen LogP) is 1.17. The van der Waals surface area contributed by atoms with Gasteiger partial charge in [-0.1, -0.05) is 12.1 Å². The van der Waals surface area contributed by atoms with E-state index in [1.807, 2.05) is 0 Å². The molecule has 1 amide bonds. The second kappa shape index (κ2) is 9.13. The van der Waals surface area contributed by atoms with Crippen molar-refractivity contribution in [2.45, 2.75) is 17.5 Å². The largest absolute Gasteiger partial charge is 0.497 e. The minimum Gasteiger partial charge on any atom is -0.497 e. The highest BCUT2D eigenvalue weighted by molar-refractivity contribution is 7.89. The molecular weight excluding hydrogens is 424 g/mol. The van der Waals surface area contributed by atoms with E-state index in [9.17, 15) is 13.2 Å². The number of benzene rings is 2. The zero-order valence-corrected chi connectivity index (χ0v) is 17.9. The number of methoxy groups -OCH3 is 1. The molecule has 0 aromatic heterocycles. The van der Waals surface area contributed by atoms with Crippen molar-refractivity contribution in [1.29, 1.82) is 0 Å². The molecule has 0 spiro atoms. The molecule has 4 rings (SSSR count). The molecule has 10 heteroatoms. The third-order valence-corrected chi connectivity index (χ3v) is 6.51. The van der Waals surface area contributed by atoms with E-state index < -0.39 is 16.1 Å². The Kier molecular flexibility index (Phi) is 6.30. The summed E-state index contributed by atoms with van der Waals surface area (Å²) in [6.07, 6.45) is -0.763. The number of hydrogen-bond donors (Lipinski definition) is 1. The Hall–Kier alpha value is -2.82. The third kappa shape index (κ3) is 4.92. The first-order chi connectivity index (χ1) is 15.0. The highest BCUT2D eigenvalue weighted by Crippen LogP contribution is 2.34. The Morgan fingerprint density at radius 3 is 2.58 bits per heavy atom. The Bertz CT molecular complexity index is 1030. The lowest BCUT2D eigenvalue weighted by molar-refractivity contribution is -0.145. The molecule has 0 bridgehead atoms. The van der Waals surface area contributed by atoms with Gasteiger partial charge in [-0.05, 0) is 29.8 Å². The van der Waals surface area contributed by atoms with Crippen LogP contribution in [0.2, 0.25) is 0 Å². The van der Waals surface area contributed by atoms with Crippen LogP contribution < -0.4 is 18.9 Å². The predicted molar refractivity (Wildman–Crippen MR) is 111 cm³/mol. The van der Waals surface area contributed by atoms with Crippen LogP contribution in [0.4, 0.5) is 0 Å². The summed E-state index contributed by atoms with van der Waals surface area (Å²) >= 11 is 0. The van der Waals surface area contributed by atoms with E-state index in [4.69, 9.17) is 18.9 Å². The normalized spacial score (nSPS) is 18.5. The molecular formula is C21H24N2O7S. The zero-order valence-electron chi connectivity index (χ0n) is 17.1. The van der Waals surface area contributed by atoms with E-state index in [0.29, 0.717) is 43.6 Å². The van der Waals surface area contributed by atoms with E-state index in [-0.39, 0.29) is 24.0 Å². The molecule has 1 fully saturated rings. The van der Waals surface area contributed by atoms with E-state index in [2.05, 4.69) is 4.72 Å². The summed E-state index contributed by atoms with van der Waals surface area (Å²) in [4.78, 5) is 14.3. The van der Waals surface area contributed by atoms with Gasteiger partial charge in [0.25, 0.3) is 5.91 Å². The van der Waals surface area contributed by atoms with Gasteiger partial charge in [0.15, 0.2) is 11.5 Å². The fraction of sp³-hybridized carbons (Fsp3) is 0.381. The van der Waals surface area contributed by atoms with Gasteiger partial charge >= 0.3 is 0 Å². The fourth-order valence-electron chi connectivity index (χ4n) is 3.33. The molecule has 0 saturated carbocycles. The van der Waals surface area contributed by atoms with Crippen molar-refractivity contribution in [3.8, 4) is 17.2 Å². The summed E-state index contributed by atoms with van der Waals surface area (Å²) in [6, 6.07) is 11.5. The standard InChI is InChI=1S/C21H24N2O7S/c1-27-16-4-2-15(3-5-16)13-22-31(25,26)17-6-7-18-19(12-17)29-14-20(30-18)21(24)23-8-10-28-11-9-23/h2-7,12,20,22H,8-11,13-14H2,1H3/t20-/m0/s1. The van der Waals surface area contributed by atoms with Crippen LogP contribution in [0.25, 0.3) is 0 Å². The van der Waals surface area contributed by atoms with Crippen molar-refractivity contribution in [2.24, 2.45) is 0 Å². The van der Waals surface area contributed by atoms with Crippen LogP contribution in [0.5, 0.6) is 17.2 Å². The van der Waals surface area contributed by atoms with Gasteiger partial charge in [-0.15, -0.1) is 0 Å². The summed E-state index contributed by atoms with van der Waals surface area (Å²) in [5.41, 5.74) is 0.798. The van der Waals surface area contributed by atoms with Crippen LogP contribution in [-0.2, 0) is 26.1 Å². The lowest BCUT2D eigenvalue weighted by Crippen LogP contribution is -2.50. The van der Waals surface area contributed by atoms with Crippen LogP contribution in [0.1, 0.15) is 5.56 Å². The summed E-state index contributed by atoms with van der Waals surface area (Å²) in [7, 11) is -2.19. The van der Waals surface area contributed by atoms with Crippen molar-refractivity contribution in [3.05, 3.63) is 48.0 Å². The molecule has 0 radical (unpaired) electrons. The first-order valence-electron chi connectivity index (χ1n) is 9.89. The molecule has 166 valence electrons. The first-order valence-corrected chi connectivity index (χ1v) is 11.4. The zero-order chi connectivity index (χ0) is 21.8. The number of hydrogen-bond acceptors (Lipinski definition) is 7. The van der Waals surface area contributed by atoms with Crippen molar-refractivity contribution in [1.82, 2.24) is 9.62 Å². The minimum atomic E-state index is -3.76. The molecule has 1 N–H and O–H groups in total. The van der Waals surface area contributed by atoms with Gasteiger partial charge in [0.2, 0.25) is 16.1 Å². The number of fused-ring (bicyclic) bond motifs is 1. The van der Waals surface area contributed by atoms with Crippen LogP contribution in [-0.4, -0.2) is 65.3 Å². The monoisotopic (exact) mass is 448 g/mol. The highest BCUT2D eigenvalue weighted by atomic mass is 32.2. The second-order valence-corrected chi connectivity index (χ2v) is 8.90. The highest BCUT2D eigenvalue weighted by Gasteiger charge is 2.32. The van der Waals surface area contributed by atoms with E-state index >= 15 is 0 Å². The number of carbonyl (C=O) groups excluding carboxylic acids is 1. The second-order valence-electron chi connectivity index (χ2n) is 7.14. The number of amides is 1. The first kappa shape index (κ1) is 21.4. The molecule has 31 heavy (non-hydrogen) atoms. The summed E-state index contributed by atoms with van der Waals surface area (Å²) in [5, 5.41) is 0.